The number of nitrogens with one attached hydrogen (secondary N) is 2. The van der Waals surface area contributed by atoms with Gasteiger partial charge in [-0.3, -0.25) is 9.59 Å². The van der Waals surface area contributed by atoms with Crippen molar-refractivity contribution < 1.29 is 24.6 Å². The number of phenolic OH excluding ortho intramolecular Hbond substituents is 1. The summed E-state index contributed by atoms with van der Waals surface area (Å²) < 4.78 is 0. The highest BCUT2D eigenvalue weighted by atomic mass is 32.1. The first-order valence-corrected chi connectivity index (χ1v) is 26.1. The van der Waals surface area contributed by atoms with Crippen LogP contribution in [0.15, 0.2) is 72.5 Å². The summed E-state index contributed by atoms with van der Waals surface area (Å²) >= 11 is 1.59. The second-order valence-electron chi connectivity index (χ2n) is 21.6. The number of aliphatic hydroxyl groups excluding tert-OH is 1. The van der Waals surface area contributed by atoms with Crippen molar-refractivity contribution in [3.05, 3.63) is 89.3 Å². The molecule has 6 N–H and O–H groups in total. The lowest BCUT2D eigenvalue weighted by Gasteiger charge is -2.46. The Kier molecular flexibility index (Phi) is 13.4. The zero-order valence-corrected chi connectivity index (χ0v) is 41.9. The molecule has 17 nitrogen and oxygen atoms in total. The van der Waals surface area contributed by atoms with Crippen LogP contribution in [0.5, 0.6) is 5.75 Å². The van der Waals surface area contributed by atoms with E-state index in [4.69, 9.17) is 15.7 Å². The number of nitrogen functional groups attached to an aromatic ring is 1. The summed E-state index contributed by atoms with van der Waals surface area (Å²) in [5.74, 6) is 0.975. The molecule has 1 saturated carbocycles. The Labute approximate surface area is 419 Å². The fourth-order valence-electron chi connectivity index (χ4n) is 11.8. The number of aryl methyl sites for hydroxylation is 1. The number of amides is 4. The van der Waals surface area contributed by atoms with E-state index in [-0.39, 0.29) is 60.6 Å². The van der Waals surface area contributed by atoms with Crippen molar-refractivity contribution in [2.45, 2.75) is 128 Å². The third-order valence-corrected chi connectivity index (χ3v) is 17.0. The number of aliphatic hydroxyl groups is 1. The number of hydrogen-bond acceptors (Lipinski definition) is 14. The van der Waals surface area contributed by atoms with Crippen molar-refractivity contribution in [2.75, 3.05) is 48.3 Å². The van der Waals surface area contributed by atoms with E-state index in [2.05, 4.69) is 35.6 Å². The van der Waals surface area contributed by atoms with Crippen molar-refractivity contribution >= 4 is 46.6 Å². The maximum atomic E-state index is 14.3. The molecular formula is C53H66N12O5S. The van der Waals surface area contributed by atoms with E-state index in [1.807, 2.05) is 93.0 Å². The minimum absolute atomic E-state index is 0.0250. The first-order chi connectivity index (χ1) is 34.1. The predicted molar refractivity (Wildman–Crippen MR) is 274 cm³/mol. The standard InChI is InChI=1S/C53H66N12O5S/c1-32-45(71-31-58-32)35-11-9-33(10-12-35)25-55-48(68)43-23-39(66)30-64(43)49(69)46(52(2,3)4)59-51(70)62-21-19-53(20-22-62)17-15-34(16-18-53)36-26-56-50(57-27-36)65-37-13-14-38(65)29-63(28-37)42-24-41(60-61-47(42)54)40-7-5-6-8-44(40)67/h5-12,24,26-27,31,34,37-39,43,46,66-67H,13-23,25,28-30H2,1-4H3,(H2,54,61)(H,55,68)(H,59,70)/t37?,38?,39-,43+,46-/m1/s1. The number of β-amino-alcohol motifs (C(OH)–C–C–N with tert-alkyl or cyclic N) is 1. The molecule has 4 aliphatic heterocycles. The Morgan fingerprint density at radius 2 is 1.59 bits per heavy atom. The van der Waals surface area contributed by atoms with Gasteiger partial charge < -0.3 is 46.2 Å². The number of aromatic hydroxyl groups is 1. The van der Waals surface area contributed by atoms with Gasteiger partial charge in [0.1, 0.15) is 17.8 Å². The molecule has 7 heterocycles. The summed E-state index contributed by atoms with van der Waals surface area (Å²) in [5.41, 5.74) is 13.9. The van der Waals surface area contributed by atoms with Gasteiger partial charge in [-0.1, -0.05) is 57.2 Å². The van der Waals surface area contributed by atoms with Gasteiger partial charge >= 0.3 is 6.03 Å². The van der Waals surface area contributed by atoms with Crippen molar-refractivity contribution in [2.24, 2.45) is 10.8 Å². The normalized spacial score (nSPS) is 22.7. The highest BCUT2D eigenvalue weighted by molar-refractivity contribution is 7.13. The van der Waals surface area contributed by atoms with E-state index in [9.17, 15) is 24.6 Å². The number of piperidine rings is 1. The summed E-state index contributed by atoms with van der Waals surface area (Å²) in [6.45, 7) is 10.8. The second kappa shape index (κ2) is 19.7. The summed E-state index contributed by atoms with van der Waals surface area (Å²) in [6, 6.07) is 15.5. The molecule has 5 atom stereocenters. The van der Waals surface area contributed by atoms with Gasteiger partial charge in [0, 0.05) is 75.7 Å². The van der Waals surface area contributed by atoms with Crippen LogP contribution in [0.4, 0.5) is 22.2 Å². The van der Waals surface area contributed by atoms with E-state index in [0.717, 1.165) is 97.8 Å². The Hall–Kier alpha value is -6.40. The largest absolute Gasteiger partial charge is 0.507 e. The Morgan fingerprint density at radius 1 is 0.901 bits per heavy atom. The van der Waals surface area contributed by atoms with Gasteiger partial charge in [0.05, 0.1) is 33.6 Å². The molecule has 2 aromatic carbocycles. The minimum Gasteiger partial charge on any atom is -0.507 e. The molecule has 4 saturated heterocycles. The number of carbonyl (C=O) groups is 3. The molecule has 10 rings (SSSR count). The number of para-hydroxylation sites is 1. The molecular weight excluding hydrogens is 917 g/mol. The average Bonchev–Trinajstić information content (AvgIpc) is 4.06. The van der Waals surface area contributed by atoms with Crippen molar-refractivity contribution in [1.29, 1.82) is 0 Å². The van der Waals surface area contributed by atoms with Crippen molar-refractivity contribution in [3.8, 4) is 27.4 Å². The maximum Gasteiger partial charge on any atom is 0.318 e. The van der Waals surface area contributed by atoms with E-state index < -0.39 is 23.6 Å². The lowest BCUT2D eigenvalue weighted by molar-refractivity contribution is -0.142. The fraction of sp³-hybridized carbons (Fsp3) is 0.509. The number of rotatable bonds is 10. The third-order valence-electron chi connectivity index (χ3n) is 16.0. The third kappa shape index (κ3) is 9.97. The number of piperazine rings is 1. The van der Waals surface area contributed by atoms with E-state index >= 15 is 0 Å². The number of benzene rings is 2. The number of carbonyl (C=O) groups excluding carboxylic acids is 3. The SMILES string of the molecule is Cc1ncsc1-c1ccc(CNC(=O)[C@@H]2C[C@@H](O)CN2C(=O)[C@@H](NC(=O)N2CCC3(CCC(c4cnc(N5C6CCC5CN(c5cc(-c7ccccc7O)nnc5N)C6)nc4)CC3)CC2)C(C)(C)C)cc1. The number of aromatic nitrogens is 5. The fourth-order valence-corrected chi connectivity index (χ4v) is 12.6. The van der Waals surface area contributed by atoms with Crippen LogP contribution in [0, 0.1) is 17.8 Å². The van der Waals surface area contributed by atoms with Crippen LogP contribution in [-0.2, 0) is 16.1 Å². The van der Waals surface area contributed by atoms with E-state index in [1.165, 1.54) is 10.5 Å². The number of phenols is 1. The zero-order valence-electron chi connectivity index (χ0n) is 41.1. The number of thiazole rings is 1. The van der Waals surface area contributed by atoms with Crippen LogP contribution >= 0.6 is 11.3 Å². The molecule has 374 valence electrons. The monoisotopic (exact) mass is 982 g/mol. The lowest BCUT2D eigenvalue weighted by atomic mass is 9.64. The maximum absolute atomic E-state index is 14.3. The van der Waals surface area contributed by atoms with Crippen LogP contribution in [0.1, 0.15) is 101 Å². The molecule has 3 aromatic heterocycles. The van der Waals surface area contributed by atoms with Gasteiger partial charge in [-0.2, -0.15) is 0 Å². The quantitative estimate of drug-likeness (QED) is 0.0991. The minimum atomic E-state index is -0.896. The highest BCUT2D eigenvalue weighted by Crippen LogP contribution is 2.49. The molecule has 2 bridgehead atoms. The number of anilines is 3. The molecule has 5 aromatic rings. The van der Waals surface area contributed by atoms with Gasteiger partial charge in [-0.05, 0) is 110 Å². The van der Waals surface area contributed by atoms with Crippen LogP contribution < -0.4 is 26.2 Å². The second-order valence-corrected chi connectivity index (χ2v) is 22.5. The van der Waals surface area contributed by atoms with Gasteiger partial charge in [0.25, 0.3) is 0 Å². The number of hydrogen-bond donors (Lipinski definition) is 5. The molecule has 0 radical (unpaired) electrons. The first kappa shape index (κ1) is 48.2. The predicted octanol–water partition coefficient (Wildman–Crippen LogP) is 6.65. The van der Waals surface area contributed by atoms with E-state index in [1.54, 1.807) is 23.5 Å². The number of nitrogens with zero attached hydrogens (tertiary/aromatic N) is 9. The number of nitrogens with two attached hydrogens (primary N) is 1. The number of fused-ring (bicyclic) bond motifs is 2. The molecule has 5 aliphatic rings. The summed E-state index contributed by atoms with van der Waals surface area (Å²) in [5, 5.41) is 35.8. The number of likely N-dealkylation sites (tertiary alicyclic amines) is 2. The van der Waals surface area contributed by atoms with Crippen LogP contribution in [-0.4, -0.2) is 126 Å². The van der Waals surface area contributed by atoms with Gasteiger partial charge in [-0.25, -0.2) is 19.7 Å². The van der Waals surface area contributed by atoms with Gasteiger partial charge in [-0.15, -0.1) is 21.5 Å². The van der Waals surface area contributed by atoms with Crippen LogP contribution in [0.25, 0.3) is 21.7 Å². The molecule has 5 fully saturated rings. The Morgan fingerprint density at radius 3 is 2.24 bits per heavy atom. The summed E-state index contributed by atoms with van der Waals surface area (Å²) in [6.07, 6.45) is 11.4. The Balaban J connectivity index is 0.703. The zero-order chi connectivity index (χ0) is 49.6. The molecule has 1 aliphatic carbocycles. The van der Waals surface area contributed by atoms with E-state index in [0.29, 0.717) is 36.1 Å². The molecule has 4 amide bonds. The average molecular weight is 983 g/mol. The summed E-state index contributed by atoms with van der Waals surface area (Å²) in [4.78, 5) is 65.3. The number of urea groups is 1. The van der Waals surface area contributed by atoms with Gasteiger partial charge in [0.15, 0.2) is 5.82 Å². The molecule has 18 heteroatoms. The molecule has 71 heavy (non-hydrogen) atoms. The molecule has 2 unspecified atom stereocenters. The van der Waals surface area contributed by atoms with Crippen molar-refractivity contribution in [3.63, 3.8) is 0 Å². The van der Waals surface area contributed by atoms with Crippen LogP contribution in [0.3, 0.4) is 0 Å². The van der Waals surface area contributed by atoms with Gasteiger partial charge in [0.2, 0.25) is 17.8 Å². The van der Waals surface area contributed by atoms with Crippen LogP contribution in [0.2, 0.25) is 0 Å². The summed E-state index contributed by atoms with van der Waals surface area (Å²) in [7, 11) is 0. The van der Waals surface area contributed by atoms with Crippen molar-refractivity contribution in [1.82, 2.24) is 45.6 Å². The Bertz CT molecular complexity index is 2710. The topological polar surface area (TPSA) is 219 Å². The first-order valence-electron chi connectivity index (χ1n) is 25.2. The highest BCUT2D eigenvalue weighted by Gasteiger charge is 2.47. The molecule has 1 spiro atoms. The lowest BCUT2D eigenvalue weighted by Crippen LogP contribution is -2.60. The smallest absolute Gasteiger partial charge is 0.318 e.